The van der Waals surface area contributed by atoms with Gasteiger partial charge in [-0.3, -0.25) is 4.79 Å². The molecule has 0 aliphatic heterocycles. The molecule has 2 rings (SSSR count). The van der Waals surface area contributed by atoms with Crippen molar-refractivity contribution in [2.24, 2.45) is 11.8 Å². The van der Waals surface area contributed by atoms with Crippen LogP contribution in [0.25, 0.3) is 0 Å². The quantitative estimate of drug-likeness (QED) is 0.811. The van der Waals surface area contributed by atoms with Crippen molar-refractivity contribution >= 4 is 5.91 Å². The number of aliphatic hydroxyl groups is 1. The van der Waals surface area contributed by atoms with Gasteiger partial charge in [-0.2, -0.15) is 0 Å². The van der Waals surface area contributed by atoms with Crippen LogP contribution in [0.4, 0.5) is 0 Å². The summed E-state index contributed by atoms with van der Waals surface area (Å²) in [5.74, 6) is 1.51. The maximum Gasteiger partial charge on any atom is 0.220 e. The van der Waals surface area contributed by atoms with E-state index in [-0.39, 0.29) is 18.1 Å². The number of amides is 1. The molecule has 0 aromatic rings. The number of aliphatic hydroxyl groups excluding tert-OH is 1. The third-order valence-electron chi connectivity index (χ3n) is 5.30. The molecule has 0 aromatic carbocycles. The smallest absolute Gasteiger partial charge is 0.220 e. The van der Waals surface area contributed by atoms with Gasteiger partial charge in [-0.15, -0.1) is 0 Å². The second kappa shape index (κ2) is 7.44. The van der Waals surface area contributed by atoms with Crippen LogP contribution in [-0.4, -0.2) is 23.2 Å². The fourth-order valence-corrected chi connectivity index (χ4v) is 4.13. The molecule has 2 unspecified atom stereocenters. The molecule has 2 aliphatic carbocycles. The van der Waals surface area contributed by atoms with Gasteiger partial charge in [0.05, 0.1) is 12.1 Å². The fraction of sp³-hybridized carbons (Fsp3) is 0.941. The van der Waals surface area contributed by atoms with Crippen LogP contribution in [-0.2, 0) is 4.79 Å². The van der Waals surface area contributed by atoms with Crippen LogP contribution in [0.5, 0.6) is 0 Å². The van der Waals surface area contributed by atoms with Crippen LogP contribution in [0.2, 0.25) is 0 Å². The Bertz CT molecular complexity index is 312. The second-order valence-corrected chi connectivity index (χ2v) is 7.23. The van der Waals surface area contributed by atoms with Crippen LogP contribution < -0.4 is 5.32 Å². The van der Waals surface area contributed by atoms with Crippen molar-refractivity contribution < 1.29 is 9.90 Å². The van der Waals surface area contributed by atoms with Crippen molar-refractivity contribution in [3.63, 3.8) is 0 Å². The van der Waals surface area contributed by atoms with E-state index in [1.165, 1.54) is 38.5 Å². The summed E-state index contributed by atoms with van der Waals surface area (Å²) < 4.78 is 0. The van der Waals surface area contributed by atoms with Gasteiger partial charge in [-0.25, -0.2) is 0 Å². The van der Waals surface area contributed by atoms with Crippen LogP contribution in [0.1, 0.15) is 77.6 Å². The molecule has 0 heterocycles. The molecule has 0 bridgehead atoms. The second-order valence-electron chi connectivity index (χ2n) is 7.23. The summed E-state index contributed by atoms with van der Waals surface area (Å²) in [6.07, 6.45) is 12.5. The molecule has 1 amide bonds. The van der Waals surface area contributed by atoms with Gasteiger partial charge >= 0.3 is 0 Å². The maximum absolute atomic E-state index is 12.2. The van der Waals surface area contributed by atoms with Crippen molar-refractivity contribution in [1.29, 1.82) is 0 Å². The van der Waals surface area contributed by atoms with Gasteiger partial charge in [0.15, 0.2) is 0 Å². The zero-order valence-corrected chi connectivity index (χ0v) is 13.0. The standard InChI is InChI=1S/C17H31NO2/c1-14-6-5-11-17(12-14,13-19)18-16(20)10-9-15-7-3-2-4-8-15/h14-15,19H,2-13H2,1H3,(H,18,20). The van der Waals surface area contributed by atoms with Crippen molar-refractivity contribution in [2.75, 3.05) is 6.61 Å². The average Bonchev–Trinajstić information content (AvgIpc) is 2.46. The molecule has 2 fully saturated rings. The van der Waals surface area contributed by atoms with Gasteiger partial charge in [0.2, 0.25) is 5.91 Å². The normalized spacial score (nSPS) is 32.0. The minimum Gasteiger partial charge on any atom is -0.394 e. The van der Waals surface area contributed by atoms with Gasteiger partial charge in [0.1, 0.15) is 0 Å². The first-order valence-electron chi connectivity index (χ1n) is 8.55. The van der Waals surface area contributed by atoms with Crippen LogP contribution in [0, 0.1) is 11.8 Å². The molecule has 2 N–H and O–H groups in total. The average molecular weight is 281 g/mol. The Morgan fingerprint density at radius 1 is 1.20 bits per heavy atom. The molecule has 116 valence electrons. The first-order valence-corrected chi connectivity index (χ1v) is 8.55. The molecule has 0 saturated heterocycles. The van der Waals surface area contributed by atoms with Gasteiger partial charge < -0.3 is 10.4 Å². The van der Waals surface area contributed by atoms with E-state index in [9.17, 15) is 9.90 Å². The molecule has 2 saturated carbocycles. The van der Waals surface area contributed by atoms with Crippen LogP contribution in [0.3, 0.4) is 0 Å². The summed E-state index contributed by atoms with van der Waals surface area (Å²) in [4.78, 5) is 12.2. The third-order valence-corrected chi connectivity index (χ3v) is 5.30. The van der Waals surface area contributed by atoms with Crippen molar-refractivity contribution in [3.05, 3.63) is 0 Å². The van der Waals surface area contributed by atoms with E-state index in [2.05, 4.69) is 12.2 Å². The molecule has 2 aliphatic rings. The lowest BCUT2D eigenvalue weighted by molar-refractivity contribution is -0.124. The Hall–Kier alpha value is -0.570. The summed E-state index contributed by atoms with van der Waals surface area (Å²) in [6, 6.07) is 0. The summed E-state index contributed by atoms with van der Waals surface area (Å²) in [5, 5.41) is 12.9. The van der Waals surface area contributed by atoms with Crippen molar-refractivity contribution in [2.45, 2.75) is 83.1 Å². The van der Waals surface area contributed by atoms with Gasteiger partial charge in [-0.1, -0.05) is 51.9 Å². The first kappa shape index (κ1) is 15.8. The Balaban J connectivity index is 1.76. The lowest BCUT2D eigenvalue weighted by Crippen LogP contribution is -2.53. The van der Waals surface area contributed by atoms with E-state index in [0.717, 1.165) is 31.6 Å². The number of carbonyl (C=O) groups excluding carboxylic acids is 1. The van der Waals surface area contributed by atoms with E-state index in [1.54, 1.807) is 0 Å². The summed E-state index contributed by atoms with van der Waals surface area (Å²) in [6.45, 7) is 2.31. The molecule has 3 heteroatoms. The van der Waals surface area contributed by atoms with Gasteiger partial charge in [0.25, 0.3) is 0 Å². The number of hydrogen-bond donors (Lipinski definition) is 2. The lowest BCUT2D eigenvalue weighted by Gasteiger charge is -2.39. The van der Waals surface area contributed by atoms with E-state index in [4.69, 9.17) is 0 Å². The van der Waals surface area contributed by atoms with Crippen LogP contribution >= 0.6 is 0 Å². The number of carbonyl (C=O) groups is 1. The zero-order valence-electron chi connectivity index (χ0n) is 13.0. The monoisotopic (exact) mass is 281 g/mol. The number of hydrogen-bond acceptors (Lipinski definition) is 2. The van der Waals surface area contributed by atoms with Crippen molar-refractivity contribution in [1.82, 2.24) is 5.32 Å². The SMILES string of the molecule is CC1CCCC(CO)(NC(=O)CCC2CCCCC2)C1. The highest BCUT2D eigenvalue weighted by Gasteiger charge is 2.35. The summed E-state index contributed by atoms with van der Waals surface area (Å²) >= 11 is 0. The predicted octanol–water partition coefficient (Wildman–Crippen LogP) is 3.40. The molecule has 0 spiro atoms. The van der Waals surface area contributed by atoms with E-state index < -0.39 is 0 Å². The Kier molecular flexibility index (Phi) is 5.88. The lowest BCUT2D eigenvalue weighted by atomic mass is 9.76. The highest BCUT2D eigenvalue weighted by atomic mass is 16.3. The van der Waals surface area contributed by atoms with Gasteiger partial charge in [0, 0.05) is 6.42 Å². The zero-order chi connectivity index (χ0) is 14.4. The molecule has 20 heavy (non-hydrogen) atoms. The summed E-state index contributed by atoms with van der Waals surface area (Å²) in [5.41, 5.74) is -0.332. The van der Waals surface area contributed by atoms with E-state index in [1.807, 2.05) is 0 Å². The molecule has 0 radical (unpaired) electrons. The van der Waals surface area contributed by atoms with E-state index in [0.29, 0.717) is 12.3 Å². The van der Waals surface area contributed by atoms with Crippen LogP contribution in [0.15, 0.2) is 0 Å². The minimum atomic E-state index is -0.332. The highest BCUT2D eigenvalue weighted by Crippen LogP contribution is 2.32. The predicted molar refractivity (Wildman–Crippen MR) is 81.4 cm³/mol. The van der Waals surface area contributed by atoms with E-state index >= 15 is 0 Å². The third kappa shape index (κ3) is 4.47. The largest absolute Gasteiger partial charge is 0.394 e. The van der Waals surface area contributed by atoms with Crippen molar-refractivity contribution in [3.8, 4) is 0 Å². The molecular weight excluding hydrogens is 250 g/mol. The first-order chi connectivity index (χ1) is 9.63. The Morgan fingerprint density at radius 2 is 1.95 bits per heavy atom. The van der Waals surface area contributed by atoms with Gasteiger partial charge in [-0.05, 0) is 31.1 Å². The Morgan fingerprint density at radius 3 is 2.60 bits per heavy atom. The highest BCUT2D eigenvalue weighted by molar-refractivity contribution is 5.76. The number of nitrogens with one attached hydrogen (secondary N) is 1. The minimum absolute atomic E-state index is 0.0898. The Labute approximate surface area is 123 Å². The fourth-order valence-electron chi connectivity index (χ4n) is 4.13. The maximum atomic E-state index is 12.2. The summed E-state index contributed by atoms with van der Waals surface area (Å²) in [7, 11) is 0. The molecule has 3 nitrogen and oxygen atoms in total. The topological polar surface area (TPSA) is 49.3 Å². The molecule has 2 atom stereocenters. The number of rotatable bonds is 5. The molecule has 0 aromatic heterocycles. The molecular formula is C17H31NO2.